The summed E-state index contributed by atoms with van der Waals surface area (Å²) >= 11 is 6.38. The molecule has 6 nitrogen and oxygen atoms in total. The van der Waals surface area contributed by atoms with Crippen molar-refractivity contribution >= 4 is 29.1 Å². The number of hydrogen-bond donors (Lipinski definition) is 1. The molecule has 32 heavy (non-hydrogen) atoms. The van der Waals surface area contributed by atoms with E-state index in [0.29, 0.717) is 22.8 Å². The Labute approximate surface area is 190 Å². The van der Waals surface area contributed by atoms with E-state index in [1.807, 2.05) is 54.6 Å². The molecule has 0 aliphatic carbocycles. The number of benzene rings is 3. The first kappa shape index (κ1) is 20.5. The Balaban J connectivity index is 1.68. The van der Waals surface area contributed by atoms with Gasteiger partial charge < -0.3 is 19.6 Å². The zero-order valence-electron chi connectivity index (χ0n) is 17.4. The van der Waals surface area contributed by atoms with Crippen molar-refractivity contribution in [2.24, 2.45) is 0 Å². The van der Waals surface area contributed by atoms with Crippen LogP contribution in [0.15, 0.2) is 72.8 Å². The smallest absolute Gasteiger partial charge is 0.256 e. The maximum Gasteiger partial charge on any atom is 0.256 e. The summed E-state index contributed by atoms with van der Waals surface area (Å²) in [5, 5.41) is 11.5. The van der Waals surface area contributed by atoms with Gasteiger partial charge in [-0.2, -0.15) is 0 Å². The minimum atomic E-state index is -1.31. The van der Waals surface area contributed by atoms with Crippen LogP contribution in [0.3, 0.4) is 0 Å². The number of aliphatic hydroxyl groups is 1. The number of ether oxygens (including phenoxy) is 1. The Bertz CT molecular complexity index is 1200. The molecule has 1 saturated heterocycles. The third kappa shape index (κ3) is 2.91. The molecule has 1 fully saturated rings. The first-order valence-electron chi connectivity index (χ1n) is 10.2. The highest BCUT2D eigenvalue weighted by Gasteiger charge is 2.64. The number of methoxy groups -OCH3 is 1. The molecule has 0 saturated carbocycles. The normalized spacial score (nSPS) is 22.0. The van der Waals surface area contributed by atoms with E-state index in [1.54, 1.807) is 30.2 Å². The lowest BCUT2D eigenvalue weighted by molar-refractivity contribution is -0.181. The van der Waals surface area contributed by atoms with Crippen molar-refractivity contribution < 1.29 is 19.4 Å². The molecule has 1 N–H and O–H groups in total. The van der Waals surface area contributed by atoms with E-state index in [4.69, 9.17) is 16.3 Å². The van der Waals surface area contributed by atoms with Crippen LogP contribution in [0.4, 0.5) is 5.69 Å². The highest BCUT2D eigenvalue weighted by Crippen LogP contribution is 2.52. The Kier molecular flexibility index (Phi) is 4.92. The van der Waals surface area contributed by atoms with Gasteiger partial charge in [-0.15, -0.1) is 0 Å². The van der Waals surface area contributed by atoms with Gasteiger partial charge in [-0.25, -0.2) is 0 Å². The quantitative estimate of drug-likeness (QED) is 0.621. The van der Waals surface area contributed by atoms with Gasteiger partial charge in [0, 0.05) is 10.6 Å². The monoisotopic (exact) mass is 448 g/mol. The molecular weight excluding hydrogens is 428 g/mol. The van der Waals surface area contributed by atoms with Crippen LogP contribution in [-0.2, 0) is 21.7 Å². The fraction of sp³-hybridized carbons (Fsp3) is 0.200. The maximum absolute atomic E-state index is 13.4. The zero-order valence-corrected chi connectivity index (χ0v) is 18.1. The number of fused-ring (bicyclic) bond motifs is 3. The van der Waals surface area contributed by atoms with Gasteiger partial charge in [0.05, 0.1) is 19.3 Å². The van der Waals surface area contributed by atoms with Crippen molar-refractivity contribution in [1.29, 1.82) is 0 Å². The molecule has 3 aromatic carbocycles. The number of halogens is 1. The summed E-state index contributed by atoms with van der Waals surface area (Å²) in [6.45, 7) is 0.160. The molecule has 2 atom stereocenters. The fourth-order valence-corrected chi connectivity index (χ4v) is 4.90. The second-order valence-electron chi connectivity index (χ2n) is 7.95. The van der Waals surface area contributed by atoms with Gasteiger partial charge >= 0.3 is 0 Å². The molecular formula is C25H21ClN2O4. The van der Waals surface area contributed by atoms with Crippen molar-refractivity contribution in [3.63, 3.8) is 0 Å². The fourth-order valence-electron chi connectivity index (χ4n) is 4.73. The Morgan fingerprint density at radius 1 is 1.06 bits per heavy atom. The topological polar surface area (TPSA) is 70.1 Å². The van der Waals surface area contributed by atoms with Gasteiger partial charge in [-0.3, -0.25) is 9.59 Å². The number of nitrogens with zero attached hydrogens (tertiary/aromatic N) is 2. The van der Waals surface area contributed by atoms with Crippen LogP contribution in [0.5, 0.6) is 5.75 Å². The average molecular weight is 449 g/mol. The van der Waals surface area contributed by atoms with Crippen LogP contribution in [0.1, 0.15) is 16.7 Å². The molecule has 7 heteroatoms. The summed E-state index contributed by atoms with van der Waals surface area (Å²) in [7, 11) is 1.60. The van der Waals surface area contributed by atoms with E-state index in [-0.39, 0.29) is 12.5 Å². The number of aliphatic hydroxyl groups excluding tert-OH is 1. The maximum atomic E-state index is 13.4. The van der Waals surface area contributed by atoms with E-state index in [1.165, 1.54) is 4.90 Å². The van der Waals surface area contributed by atoms with Crippen LogP contribution in [0.2, 0.25) is 5.02 Å². The standard InChI is InChI=1S/C25H21ClN2O4/c1-32-19-10-7-16(8-11-19)14-27-21-12-9-18(26)13-20(21)25(17-5-3-2-4-6-17)23(30)24(31)28(25)15-22(27)29/h2-13,23,30H,14-15H2,1H3. The molecule has 0 spiro atoms. The lowest BCUT2D eigenvalue weighted by Gasteiger charge is -2.55. The summed E-state index contributed by atoms with van der Waals surface area (Å²) in [5.74, 6) is 0.0194. The summed E-state index contributed by atoms with van der Waals surface area (Å²) in [6, 6.07) is 22.0. The summed E-state index contributed by atoms with van der Waals surface area (Å²) < 4.78 is 5.22. The summed E-state index contributed by atoms with van der Waals surface area (Å²) in [5.41, 5.74) is 1.71. The molecule has 0 bridgehead atoms. The van der Waals surface area contributed by atoms with Gasteiger partial charge in [-0.1, -0.05) is 54.1 Å². The zero-order chi connectivity index (χ0) is 22.5. The van der Waals surface area contributed by atoms with Gasteiger partial charge in [0.2, 0.25) is 5.91 Å². The van der Waals surface area contributed by atoms with E-state index in [2.05, 4.69) is 0 Å². The number of anilines is 1. The Hall–Kier alpha value is -3.35. The van der Waals surface area contributed by atoms with Crippen LogP contribution in [-0.4, -0.2) is 41.6 Å². The van der Waals surface area contributed by atoms with Crippen LogP contribution < -0.4 is 9.64 Å². The minimum absolute atomic E-state index is 0.146. The average Bonchev–Trinajstić information content (AvgIpc) is 2.91. The number of hydrogen-bond acceptors (Lipinski definition) is 4. The van der Waals surface area contributed by atoms with E-state index in [0.717, 1.165) is 16.9 Å². The molecule has 0 radical (unpaired) electrons. The molecule has 0 aromatic heterocycles. The van der Waals surface area contributed by atoms with E-state index >= 15 is 0 Å². The first-order chi connectivity index (χ1) is 15.5. The van der Waals surface area contributed by atoms with E-state index in [9.17, 15) is 14.7 Å². The molecule has 2 aliphatic heterocycles. The number of amides is 2. The molecule has 3 aromatic rings. The molecule has 162 valence electrons. The summed E-state index contributed by atoms with van der Waals surface area (Å²) in [6.07, 6.45) is -1.31. The highest BCUT2D eigenvalue weighted by molar-refractivity contribution is 6.30. The number of carbonyl (C=O) groups is 2. The molecule has 2 amide bonds. The van der Waals surface area contributed by atoms with Gasteiger partial charge in [-0.05, 0) is 41.5 Å². The van der Waals surface area contributed by atoms with Crippen LogP contribution >= 0.6 is 11.6 Å². The lowest BCUT2D eigenvalue weighted by Crippen LogP contribution is -2.72. The third-order valence-electron chi connectivity index (χ3n) is 6.29. The SMILES string of the molecule is COc1ccc(CN2C(=O)CN3C(=O)C(O)C3(c3ccccc3)c3cc(Cl)ccc32)cc1. The van der Waals surface area contributed by atoms with E-state index < -0.39 is 17.6 Å². The highest BCUT2D eigenvalue weighted by atomic mass is 35.5. The minimum Gasteiger partial charge on any atom is -0.497 e. The molecule has 2 aliphatic rings. The number of carbonyl (C=O) groups excluding carboxylic acids is 2. The number of rotatable bonds is 4. The third-order valence-corrected chi connectivity index (χ3v) is 6.52. The Morgan fingerprint density at radius 2 is 1.78 bits per heavy atom. The predicted molar refractivity (Wildman–Crippen MR) is 121 cm³/mol. The lowest BCUT2D eigenvalue weighted by atomic mass is 9.69. The largest absolute Gasteiger partial charge is 0.497 e. The van der Waals surface area contributed by atoms with Crippen molar-refractivity contribution in [1.82, 2.24) is 4.90 Å². The van der Waals surface area contributed by atoms with Gasteiger partial charge in [0.15, 0.2) is 6.10 Å². The van der Waals surface area contributed by atoms with Crippen molar-refractivity contribution in [3.05, 3.63) is 94.5 Å². The van der Waals surface area contributed by atoms with Gasteiger partial charge in [0.25, 0.3) is 5.91 Å². The second-order valence-corrected chi connectivity index (χ2v) is 8.39. The van der Waals surface area contributed by atoms with Crippen molar-refractivity contribution in [2.75, 3.05) is 18.6 Å². The first-order valence-corrected chi connectivity index (χ1v) is 10.6. The Morgan fingerprint density at radius 3 is 2.47 bits per heavy atom. The second kappa shape index (κ2) is 7.65. The summed E-state index contributed by atoms with van der Waals surface area (Å²) in [4.78, 5) is 29.3. The van der Waals surface area contributed by atoms with Crippen LogP contribution in [0.25, 0.3) is 0 Å². The van der Waals surface area contributed by atoms with Crippen molar-refractivity contribution in [3.8, 4) is 5.75 Å². The molecule has 2 unspecified atom stereocenters. The predicted octanol–water partition coefficient (Wildman–Crippen LogP) is 3.34. The molecule has 5 rings (SSSR count). The van der Waals surface area contributed by atoms with Gasteiger partial charge in [0.1, 0.15) is 17.8 Å². The van der Waals surface area contributed by atoms with Crippen molar-refractivity contribution in [2.45, 2.75) is 18.2 Å². The number of β-lactam (4-membered cyclic amide) rings is 1. The molecule has 2 heterocycles. The van der Waals surface area contributed by atoms with Crippen LogP contribution in [0, 0.1) is 0 Å².